The lowest BCUT2D eigenvalue weighted by Gasteiger charge is -2.28. The average molecular weight is 374 g/mol. The van der Waals surface area contributed by atoms with E-state index in [0.29, 0.717) is 12.5 Å². The Bertz CT molecular complexity index is 901. The van der Waals surface area contributed by atoms with Gasteiger partial charge in [-0.1, -0.05) is 24.3 Å². The molecular weight excluding hydrogens is 346 g/mol. The van der Waals surface area contributed by atoms with Gasteiger partial charge in [-0.2, -0.15) is 4.98 Å². The molecule has 2 aromatic carbocycles. The number of nitrogens with one attached hydrogen (secondary N) is 2. The van der Waals surface area contributed by atoms with Crippen molar-refractivity contribution in [2.45, 2.75) is 32.7 Å². The van der Waals surface area contributed by atoms with Crippen molar-refractivity contribution in [3.05, 3.63) is 71.9 Å². The topological polar surface area (TPSA) is 53.1 Å². The van der Waals surface area contributed by atoms with Crippen molar-refractivity contribution in [3.8, 4) is 0 Å². The monoisotopic (exact) mass is 373 g/mol. The highest BCUT2D eigenvalue weighted by Crippen LogP contribution is 2.23. The summed E-state index contributed by atoms with van der Waals surface area (Å²) in [5, 5.41) is 6.69. The third-order valence-electron chi connectivity index (χ3n) is 5.21. The molecule has 5 nitrogen and oxygen atoms in total. The van der Waals surface area contributed by atoms with E-state index in [9.17, 15) is 0 Å². The number of benzene rings is 2. The molecule has 1 aromatic heterocycles. The van der Waals surface area contributed by atoms with Crippen LogP contribution in [0.1, 0.15) is 30.4 Å². The van der Waals surface area contributed by atoms with Crippen LogP contribution in [0.4, 0.5) is 23.1 Å². The Morgan fingerprint density at radius 1 is 0.929 bits per heavy atom. The van der Waals surface area contributed by atoms with E-state index in [1.807, 2.05) is 6.07 Å². The minimum absolute atomic E-state index is 0.623. The van der Waals surface area contributed by atoms with E-state index in [1.165, 1.54) is 36.1 Å². The summed E-state index contributed by atoms with van der Waals surface area (Å²) >= 11 is 0. The molecule has 0 spiro atoms. The predicted octanol–water partition coefficient (Wildman–Crippen LogP) is 5.13. The molecule has 28 heavy (non-hydrogen) atoms. The van der Waals surface area contributed by atoms with Crippen LogP contribution in [0.5, 0.6) is 0 Å². The van der Waals surface area contributed by atoms with Crippen LogP contribution in [0.25, 0.3) is 0 Å². The molecule has 0 aliphatic carbocycles. The van der Waals surface area contributed by atoms with E-state index in [-0.39, 0.29) is 0 Å². The summed E-state index contributed by atoms with van der Waals surface area (Å²) in [6, 6.07) is 18.8. The Morgan fingerprint density at radius 2 is 1.71 bits per heavy atom. The number of rotatable bonds is 6. The quantitative estimate of drug-likeness (QED) is 0.627. The molecule has 1 aliphatic heterocycles. The van der Waals surface area contributed by atoms with Gasteiger partial charge in [0.1, 0.15) is 5.82 Å². The summed E-state index contributed by atoms with van der Waals surface area (Å²) in [6.45, 7) is 5.15. The van der Waals surface area contributed by atoms with Gasteiger partial charge in [0.05, 0.1) is 0 Å². The first kappa shape index (κ1) is 18.3. The molecule has 144 valence electrons. The molecule has 1 fully saturated rings. The van der Waals surface area contributed by atoms with Gasteiger partial charge in [0.25, 0.3) is 0 Å². The molecule has 3 aromatic rings. The van der Waals surface area contributed by atoms with Crippen LogP contribution in [0.3, 0.4) is 0 Å². The van der Waals surface area contributed by atoms with E-state index >= 15 is 0 Å². The Hall–Kier alpha value is -3.08. The number of anilines is 4. The molecule has 0 saturated carbocycles. The first-order chi connectivity index (χ1) is 13.8. The lowest BCUT2D eigenvalue weighted by Crippen LogP contribution is -2.29. The normalized spacial score (nSPS) is 14.0. The number of hydrogen-bond donors (Lipinski definition) is 2. The second-order valence-corrected chi connectivity index (χ2v) is 7.27. The first-order valence-electron chi connectivity index (χ1n) is 10.0. The van der Waals surface area contributed by atoms with Crippen molar-refractivity contribution in [3.63, 3.8) is 0 Å². The van der Waals surface area contributed by atoms with E-state index < -0.39 is 0 Å². The highest BCUT2D eigenvalue weighted by molar-refractivity contribution is 5.61. The molecular formula is C23H27N5. The Morgan fingerprint density at radius 3 is 2.50 bits per heavy atom. The second kappa shape index (κ2) is 8.74. The zero-order chi connectivity index (χ0) is 19.2. The minimum atomic E-state index is 0.623. The summed E-state index contributed by atoms with van der Waals surface area (Å²) in [5.74, 6) is 1.41. The lowest BCUT2D eigenvalue weighted by molar-refractivity contribution is 0.578. The van der Waals surface area contributed by atoms with E-state index in [0.717, 1.165) is 24.6 Å². The molecule has 0 unspecified atom stereocenters. The highest BCUT2D eigenvalue weighted by atomic mass is 15.1. The molecule has 0 radical (unpaired) electrons. The lowest BCUT2D eigenvalue weighted by atomic mass is 10.1. The fourth-order valence-corrected chi connectivity index (χ4v) is 3.55. The predicted molar refractivity (Wildman–Crippen MR) is 116 cm³/mol. The Kier molecular flexibility index (Phi) is 5.71. The molecule has 5 heteroatoms. The smallest absolute Gasteiger partial charge is 0.224 e. The molecule has 0 bridgehead atoms. The van der Waals surface area contributed by atoms with Crippen LogP contribution in [0, 0.1) is 6.92 Å². The van der Waals surface area contributed by atoms with Crippen molar-refractivity contribution in [1.82, 2.24) is 9.97 Å². The number of aromatic nitrogens is 2. The fraction of sp³-hybridized carbons (Fsp3) is 0.304. The van der Waals surface area contributed by atoms with Crippen molar-refractivity contribution >= 4 is 23.1 Å². The van der Waals surface area contributed by atoms with Gasteiger partial charge in [0.15, 0.2) is 0 Å². The Balaban J connectivity index is 1.38. The number of hydrogen-bond acceptors (Lipinski definition) is 5. The SMILES string of the molecule is Cc1ccccc1CNc1nccc(Nc2ccc(N3CCCCC3)cc2)n1. The molecule has 2 heterocycles. The summed E-state index contributed by atoms with van der Waals surface area (Å²) in [4.78, 5) is 11.4. The third-order valence-corrected chi connectivity index (χ3v) is 5.21. The van der Waals surface area contributed by atoms with Gasteiger partial charge < -0.3 is 15.5 Å². The maximum atomic E-state index is 4.58. The molecule has 1 saturated heterocycles. The van der Waals surface area contributed by atoms with E-state index in [1.54, 1.807) is 6.20 Å². The van der Waals surface area contributed by atoms with Crippen LogP contribution in [-0.2, 0) is 6.54 Å². The highest BCUT2D eigenvalue weighted by Gasteiger charge is 2.10. The number of nitrogens with zero attached hydrogens (tertiary/aromatic N) is 3. The second-order valence-electron chi connectivity index (χ2n) is 7.27. The van der Waals surface area contributed by atoms with Gasteiger partial charge >= 0.3 is 0 Å². The van der Waals surface area contributed by atoms with Gasteiger partial charge in [-0.3, -0.25) is 0 Å². The number of aryl methyl sites for hydroxylation is 1. The maximum Gasteiger partial charge on any atom is 0.224 e. The molecule has 0 amide bonds. The van der Waals surface area contributed by atoms with Crippen molar-refractivity contribution in [1.29, 1.82) is 0 Å². The zero-order valence-corrected chi connectivity index (χ0v) is 16.4. The number of piperidine rings is 1. The van der Waals surface area contributed by atoms with Gasteiger partial charge in [-0.15, -0.1) is 0 Å². The van der Waals surface area contributed by atoms with Crippen molar-refractivity contribution in [2.24, 2.45) is 0 Å². The maximum absolute atomic E-state index is 4.58. The summed E-state index contributed by atoms with van der Waals surface area (Å²) in [7, 11) is 0. The largest absolute Gasteiger partial charge is 0.372 e. The zero-order valence-electron chi connectivity index (χ0n) is 16.4. The minimum Gasteiger partial charge on any atom is -0.372 e. The van der Waals surface area contributed by atoms with Gasteiger partial charge in [0, 0.05) is 37.2 Å². The van der Waals surface area contributed by atoms with Crippen LogP contribution in [0.2, 0.25) is 0 Å². The fourth-order valence-electron chi connectivity index (χ4n) is 3.55. The average Bonchev–Trinajstić information content (AvgIpc) is 2.75. The Labute approximate surface area is 166 Å². The molecule has 1 aliphatic rings. The van der Waals surface area contributed by atoms with Gasteiger partial charge in [-0.05, 0) is 67.6 Å². The van der Waals surface area contributed by atoms with Crippen LogP contribution < -0.4 is 15.5 Å². The van der Waals surface area contributed by atoms with Crippen LogP contribution in [0.15, 0.2) is 60.8 Å². The van der Waals surface area contributed by atoms with Crippen molar-refractivity contribution in [2.75, 3.05) is 28.6 Å². The van der Waals surface area contributed by atoms with E-state index in [2.05, 4.69) is 81.0 Å². The van der Waals surface area contributed by atoms with Gasteiger partial charge in [-0.25, -0.2) is 4.98 Å². The van der Waals surface area contributed by atoms with Crippen LogP contribution in [-0.4, -0.2) is 23.1 Å². The first-order valence-corrected chi connectivity index (χ1v) is 10.0. The van der Waals surface area contributed by atoms with E-state index in [4.69, 9.17) is 0 Å². The molecule has 0 atom stereocenters. The molecule has 2 N–H and O–H groups in total. The standard InChI is InChI=1S/C23H27N5/c1-18-7-3-4-8-19(18)17-25-23-24-14-13-22(27-23)26-20-9-11-21(12-10-20)28-15-5-2-6-16-28/h3-4,7-14H,2,5-6,15-17H2,1H3,(H2,24,25,26,27). The summed E-state index contributed by atoms with van der Waals surface area (Å²) in [5.41, 5.74) is 4.84. The van der Waals surface area contributed by atoms with Crippen molar-refractivity contribution < 1.29 is 0 Å². The summed E-state index contributed by atoms with van der Waals surface area (Å²) < 4.78 is 0. The molecule has 4 rings (SSSR count). The summed E-state index contributed by atoms with van der Waals surface area (Å²) in [6.07, 6.45) is 5.71. The third kappa shape index (κ3) is 4.60. The van der Waals surface area contributed by atoms with Gasteiger partial charge in [0.2, 0.25) is 5.95 Å². The van der Waals surface area contributed by atoms with Crippen LogP contribution >= 0.6 is 0 Å².